The molecule has 17 heavy (non-hydrogen) atoms. The van der Waals surface area contributed by atoms with Crippen LogP contribution in [0.25, 0.3) is 0 Å². The van der Waals surface area contributed by atoms with Crippen molar-refractivity contribution in [3.8, 4) is 0 Å². The van der Waals surface area contributed by atoms with Crippen LogP contribution in [0.4, 0.5) is 4.39 Å². The van der Waals surface area contributed by atoms with E-state index < -0.39 is 17.3 Å². The van der Waals surface area contributed by atoms with Crippen LogP contribution in [0.15, 0.2) is 22.7 Å². The van der Waals surface area contributed by atoms with Crippen LogP contribution in [0.5, 0.6) is 0 Å². The molecule has 0 aromatic heterocycles. The first kappa shape index (κ1) is 14.1. The molecule has 94 valence electrons. The third kappa shape index (κ3) is 3.78. The summed E-state index contributed by atoms with van der Waals surface area (Å²) < 4.78 is 13.8. The van der Waals surface area contributed by atoms with E-state index >= 15 is 0 Å². The molecule has 0 fully saturated rings. The standard InChI is InChI=1S/C12H15BrFNO2/c1-3-12(2,17)7-15-11(16)8-5-4-6-9(13)10(8)14/h4-6,17H,3,7H2,1-2H3,(H,15,16). The Labute approximate surface area is 108 Å². The monoisotopic (exact) mass is 303 g/mol. The van der Waals surface area contributed by atoms with E-state index in [0.29, 0.717) is 6.42 Å². The molecule has 1 amide bonds. The van der Waals surface area contributed by atoms with E-state index in [1.807, 2.05) is 6.92 Å². The summed E-state index contributed by atoms with van der Waals surface area (Å²) in [5, 5.41) is 12.2. The van der Waals surface area contributed by atoms with Crippen molar-refractivity contribution in [2.75, 3.05) is 6.54 Å². The molecule has 0 saturated carbocycles. The van der Waals surface area contributed by atoms with Crippen molar-refractivity contribution in [3.05, 3.63) is 34.1 Å². The van der Waals surface area contributed by atoms with Gasteiger partial charge in [-0.15, -0.1) is 0 Å². The number of rotatable bonds is 4. The first-order valence-electron chi connectivity index (χ1n) is 5.32. The largest absolute Gasteiger partial charge is 0.388 e. The molecule has 1 unspecified atom stereocenters. The van der Waals surface area contributed by atoms with Crippen molar-refractivity contribution in [1.82, 2.24) is 5.32 Å². The fraction of sp³-hybridized carbons (Fsp3) is 0.417. The van der Waals surface area contributed by atoms with Gasteiger partial charge < -0.3 is 10.4 Å². The number of carbonyl (C=O) groups is 1. The Hall–Kier alpha value is -0.940. The van der Waals surface area contributed by atoms with Crippen molar-refractivity contribution >= 4 is 21.8 Å². The second-order valence-electron chi connectivity index (χ2n) is 4.13. The fourth-order valence-electron chi connectivity index (χ4n) is 1.17. The van der Waals surface area contributed by atoms with Crippen LogP contribution in [0.3, 0.4) is 0 Å². The van der Waals surface area contributed by atoms with Crippen molar-refractivity contribution < 1.29 is 14.3 Å². The second-order valence-corrected chi connectivity index (χ2v) is 4.99. The highest BCUT2D eigenvalue weighted by Gasteiger charge is 2.20. The minimum Gasteiger partial charge on any atom is -0.388 e. The van der Waals surface area contributed by atoms with Crippen LogP contribution in [-0.4, -0.2) is 23.2 Å². The normalized spacial score (nSPS) is 14.2. The maximum absolute atomic E-state index is 13.6. The quantitative estimate of drug-likeness (QED) is 0.898. The van der Waals surface area contributed by atoms with Gasteiger partial charge in [0.25, 0.3) is 5.91 Å². The summed E-state index contributed by atoms with van der Waals surface area (Å²) in [6.45, 7) is 3.52. The highest BCUT2D eigenvalue weighted by molar-refractivity contribution is 9.10. The van der Waals surface area contributed by atoms with Crippen molar-refractivity contribution in [1.29, 1.82) is 0 Å². The molecule has 1 atom stereocenters. The van der Waals surface area contributed by atoms with Crippen LogP contribution in [-0.2, 0) is 0 Å². The summed E-state index contributed by atoms with van der Waals surface area (Å²) in [6.07, 6.45) is 0.508. The van der Waals surface area contributed by atoms with E-state index in [4.69, 9.17) is 0 Å². The molecule has 0 aliphatic carbocycles. The summed E-state index contributed by atoms with van der Waals surface area (Å²) in [5.74, 6) is -1.13. The van der Waals surface area contributed by atoms with Gasteiger partial charge in [0, 0.05) is 6.54 Å². The van der Waals surface area contributed by atoms with Gasteiger partial charge in [-0.25, -0.2) is 4.39 Å². The number of hydrogen-bond acceptors (Lipinski definition) is 2. The lowest BCUT2D eigenvalue weighted by atomic mass is 10.0. The van der Waals surface area contributed by atoms with E-state index in [-0.39, 0.29) is 16.6 Å². The lowest BCUT2D eigenvalue weighted by Crippen LogP contribution is -2.40. The Morgan fingerprint density at radius 3 is 2.82 bits per heavy atom. The molecule has 0 aliphatic rings. The Morgan fingerprint density at radius 2 is 2.24 bits per heavy atom. The van der Waals surface area contributed by atoms with Gasteiger partial charge in [0.05, 0.1) is 15.6 Å². The molecule has 2 N–H and O–H groups in total. The predicted octanol–water partition coefficient (Wildman–Crippen LogP) is 2.48. The minimum absolute atomic E-state index is 0.0359. The molecule has 1 aromatic rings. The van der Waals surface area contributed by atoms with Crippen LogP contribution < -0.4 is 5.32 Å². The highest BCUT2D eigenvalue weighted by atomic mass is 79.9. The number of amides is 1. The first-order chi connectivity index (χ1) is 7.87. The molecule has 0 heterocycles. The molecule has 3 nitrogen and oxygen atoms in total. The van der Waals surface area contributed by atoms with Gasteiger partial charge >= 0.3 is 0 Å². The number of carbonyl (C=O) groups excluding carboxylic acids is 1. The lowest BCUT2D eigenvalue weighted by Gasteiger charge is -2.21. The molecule has 0 aliphatic heterocycles. The van der Waals surface area contributed by atoms with Gasteiger partial charge in [-0.05, 0) is 41.4 Å². The van der Waals surface area contributed by atoms with Crippen molar-refractivity contribution in [2.24, 2.45) is 0 Å². The minimum atomic E-state index is -0.974. The number of aliphatic hydroxyl groups is 1. The average Bonchev–Trinajstić information content (AvgIpc) is 2.30. The van der Waals surface area contributed by atoms with Crippen LogP contribution in [0, 0.1) is 5.82 Å². The number of nitrogens with one attached hydrogen (secondary N) is 1. The van der Waals surface area contributed by atoms with E-state index in [0.717, 1.165) is 0 Å². The summed E-state index contributed by atoms with van der Waals surface area (Å²) >= 11 is 3.01. The molecule has 0 saturated heterocycles. The molecular weight excluding hydrogens is 289 g/mol. The van der Waals surface area contributed by atoms with Gasteiger partial charge in [0.1, 0.15) is 5.82 Å². The highest BCUT2D eigenvalue weighted by Crippen LogP contribution is 2.18. The van der Waals surface area contributed by atoms with E-state index in [1.165, 1.54) is 12.1 Å². The van der Waals surface area contributed by atoms with E-state index in [2.05, 4.69) is 21.2 Å². The van der Waals surface area contributed by atoms with Gasteiger partial charge in [0.15, 0.2) is 0 Å². The maximum Gasteiger partial charge on any atom is 0.254 e. The Bertz CT molecular complexity index is 421. The molecule has 0 radical (unpaired) electrons. The smallest absolute Gasteiger partial charge is 0.254 e. The topological polar surface area (TPSA) is 49.3 Å². The van der Waals surface area contributed by atoms with E-state index in [9.17, 15) is 14.3 Å². The zero-order chi connectivity index (χ0) is 13.1. The SMILES string of the molecule is CCC(C)(O)CNC(=O)c1cccc(Br)c1F. The molecule has 1 rings (SSSR count). The predicted molar refractivity (Wildman–Crippen MR) is 67.3 cm³/mol. The molecule has 0 spiro atoms. The van der Waals surface area contributed by atoms with Gasteiger partial charge in [-0.1, -0.05) is 13.0 Å². The zero-order valence-corrected chi connectivity index (χ0v) is 11.3. The zero-order valence-electron chi connectivity index (χ0n) is 9.76. The third-order valence-electron chi connectivity index (χ3n) is 2.59. The van der Waals surface area contributed by atoms with Crippen LogP contribution >= 0.6 is 15.9 Å². The van der Waals surface area contributed by atoms with Gasteiger partial charge in [-0.2, -0.15) is 0 Å². The fourth-order valence-corrected chi connectivity index (χ4v) is 1.54. The number of hydrogen-bond donors (Lipinski definition) is 2. The summed E-state index contributed by atoms with van der Waals surface area (Å²) in [6, 6.07) is 4.50. The summed E-state index contributed by atoms with van der Waals surface area (Å²) in [4.78, 5) is 11.7. The van der Waals surface area contributed by atoms with Gasteiger partial charge in [-0.3, -0.25) is 4.79 Å². The Balaban J connectivity index is 2.74. The second kappa shape index (κ2) is 5.60. The van der Waals surface area contributed by atoms with Crippen molar-refractivity contribution in [3.63, 3.8) is 0 Å². The Morgan fingerprint density at radius 1 is 1.59 bits per heavy atom. The number of benzene rings is 1. The molecule has 1 aromatic carbocycles. The third-order valence-corrected chi connectivity index (χ3v) is 3.20. The number of halogens is 2. The first-order valence-corrected chi connectivity index (χ1v) is 6.11. The van der Waals surface area contributed by atoms with E-state index in [1.54, 1.807) is 13.0 Å². The molecular formula is C12H15BrFNO2. The maximum atomic E-state index is 13.6. The lowest BCUT2D eigenvalue weighted by molar-refractivity contribution is 0.0517. The van der Waals surface area contributed by atoms with Gasteiger partial charge in [0.2, 0.25) is 0 Å². The summed E-state index contributed by atoms with van der Waals surface area (Å²) in [5.41, 5.74) is -1.01. The van der Waals surface area contributed by atoms with Crippen molar-refractivity contribution in [2.45, 2.75) is 25.9 Å². The van der Waals surface area contributed by atoms with Crippen LogP contribution in [0.1, 0.15) is 30.6 Å². The molecule has 0 bridgehead atoms. The average molecular weight is 304 g/mol. The van der Waals surface area contributed by atoms with Crippen LogP contribution in [0.2, 0.25) is 0 Å². The molecule has 5 heteroatoms. The summed E-state index contributed by atoms with van der Waals surface area (Å²) in [7, 11) is 0. The Kier molecular flexibility index (Phi) is 4.65.